The zero-order valence-corrected chi connectivity index (χ0v) is 35.0. The molecule has 0 bridgehead atoms. The minimum Gasteiger partial charge on any atom is -0.309 e. The molecule has 298 valence electrons. The molecule has 0 unspecified atom stereocenters. The first-order chi connectivity index (χ1) is 31.8. The van der Waals surface area contributed by atoms with Gasteiger partial charge < -0.3 is 9.13 Å². The number of fused-ring (bicyclic) bond motifs is 8. The van der Waals surface area contributed by atoms with Crippen molar-refractivity contribution in [3.8, 4) is 55.9 Å². The predicted octanol–water partition coefficient (Wildman–Crippen LogP) is 16.9. The molecule has 0 radical (unpaired) electrons. The Labute approximate surface area is 371 Å². The van der Waals surface area contributed by atoms with E-state index >= 15 is 0 Å². The van der Waals surface area contributed by atoms with E-state index in [1.807, 2.05) is 0 Å². The summed E-state index contributed by atoms with van der Waals surface area (Å²) in [5, 5.41) is 10.1. The van der Waals surface area contributed by atoms with Gasteiger partial charge in [0.05, 0.1) is 22.1 Å². The lowest BCUT2D eigenvalue weighted by Crippen LogP contribution is -1.94. The van der Waals surface area contributed by atoms with Crippen LogP contribution >= 0.6 is 0 Å². The third-order valence-corrected chi connectivity index (χ3v) is 13.3. The first-order valence-electron chi connectivity index (χ1n) is 22.1. The molecule has 0 spiro atoms. The van der Waals surface area contributed by atoms with E-state index in [9.17, 15) is 0 Å². The summed E-state index contributed by atoms with van der Waals surface area (Å²) in [6.07, 6.45) is 0. The fourth-order valence-corrected chi connectivity index (χ4v) is 10.4. The van der Waals surface area contributed by atoms with Crippen LogP contribution in [0.2, 0.25) is 0 Å². The molecule has 0 saturated carbocycles. The molecule has 0 amide bonds. The lowest BCUT2D eigenvalue weighted by atomic mass is 9.86. The van der Waals surface area contributed by atoms with Gasteiger partial charge in [0.2, 0.25) is 0 Å². The van der Waals surface area contributed by atoms with Crippen LogP contribution in [-0.4, -0.2) is 9.13 Å². The maximum Gasteiger partial charge on any atom is 0.0541 e. The molecule has 2 heterocycles. The summed E-state index contributed by atoms with van der Waals surface area (Å²) < 4.78 is 4.79. The molecule has 0 saturated heterocycles. The van der Waals surface area contributed by atoms with Crippen molar-refractivity contribution in [2.24, 2.45) is 0 Å². The van der Waals surface area contributed by atoms with Crippen molar-refractivity contribution >= 4 is 65.2 Å². The lowest BCUT2D eigenvalue weighted by Gasteiger charge is -2.18. The van der Waals surface area contributed by atoms with Gasteiger partial charge in [-0.1, -0.05) is 182 Å². The van der Waals surface area contributed by atoms with Crippen LogP contribution in [-0.2, 0) is 0 Å². The van der Waals surface area contributed by atoms with Gasteiger partial charge in [-0.3, -0.25) is 0 Å². The van der Waals surface area contributed by atoms with E-state index in [2.05, 4.69) is 252 Å². The van der Waals surface area contributed by atoms with Crippen LogP contribution in [0.3, 0.4) is 0 Å². The van der Waals surface area contributed by atoms with Crippen LogP contribution in [0, 0.1) is 0 Å². The molecule has 13 rings (SSSR count). The van der Waals surface area contributed by atoms with Crippen LogP contribution in [0.25, 0.3) is 121 Å². The van der Waals surface area contributed by atoms with Crippen molar-refractivity contribution in [2.45, 2.75) is 0 Å². The molecule has 64 heavy (non-hydrogen) atoms. The monoisotopic (exact) mass is 812 g/mol. The Morgan fingerprint density at radius 1 is 0.188 bits per heavy atom. The highest BCUT2D eigenvalue weighted by Gasteiger charge is 2.18. The van der Waals surface area contributed by atoms with Crippen molar-refractivity contribution < 1.29 is 0 Å². The smallest absolute Gasteiger partial charge is 0.0541 e. The Kier molecular flexibility index (Phi) is 8.25. The van der Waals surface area contributed by atoms with Gasteiger partial charge in [0.25, 0.3) is 0 Å². The van der Waals surface area contributed by atoms with Crippen molar-refractivity contribution in [1.29, 1.82) is 0 Å². The van der Waals surface area contributed by atoms with Crippen LogP contribution in [0.15, 0.2) is 243 Å². The second-order valence-electron chi connectivity index (χ2n) is 16.8. The number of benzene rings is 11. The van der Waals surface area contributed by atoms with Crippen molar-refractivity contribution in [3.63, 3.8) is 0 Å². The van der Waals surface area contributed by atoms with Gasteiger partial charge in [-0.25, -0.2) is 0 Å². The van der Waals surface area contributed by atoms with Crippen molar-refractivity contribution in [3.05, 3.63) is 243 Å². The Hall–Kier alpha value is -8.46. The highest BCUT2D eigenvalue weighted by molar-refractivity contribution is 6.21. The Balaban J connectivity index is 0.864. The van der Waals surface area contributed by atoms with Crippen molar-refractivity contribution in [2.75, 3.05) is 0 Å². The van der Waals surface area contributed by atoms with Gasteiger partial charge in [0.15, 0.2) is 0 Å². The molecule has 2 nitrogen and oxygen atoms in total. The van der Waals surface area contributed by atoms with Gasteiger partial charge in [-0.2, -0.15) is 0 Å². The highest BCUT2D eigenvalue weighted by atomic mass is 15.0. The van der Waals surface area contributed by atoms with E-state index in [0.29, 0.717) is 0 Å². The number of para-hydroxylation sites is 3. The normalized spacial score (nSPS) is 11.8. The molecule has 0 atom stereocenters. The summed E-state index contributed by atoms with van der Waals surface area (Å²) >= 11 is 0. The molecule has 0 fully saturated rings. The van der Waals surface area contributed by atoms with E-state index in [-0.39, 0.29) is 0 Å². The van der Waals surface area contributed by atoms with Crippen LogP contribution in [0.4, 0.5) is 0 Å². The molecule has 0 aliphatic carbocycles. The molecule has 0 aliphatic rings. The van der Waals surface area contributed by atoms with Gasteiger partial charge >= 0.3 is 0 Å². The van der Waals surface area contributed by atoms with E-state index in [1.54, 1.807) is 0 Å². The van der Waals surface area contributed by atoms with Gasteiger partial charge in [-0.05, 0) is 127 Å². The third-order valence-electron chi connectivity index (χ3n) is 13.3. The minimum absolute atomic E-state index is 1.14. The van der Waals surface area contributed by atoms with E-state index in [4.69, 9.17) is 0 Å². The van der Waals surface area contributed by atoms with Gasteiger partial charge in [-0.15, -0.1) is 0 Å². The average molecular weight is 813 g/mol. The summed E-state index contributed by atoms with van der Waals surface area (Å²) in [7, 11) is 0. The quantitative estimate of drug-likeness (QED) is 0.148. The van der Waals surface area contributed by atoms with E-state index in [1.165, 1.54) is 115 Å². The number of rotatable bonds is 6. The molecule has 0 aliphatic heterocycles. The largest absolute Gasteiger partial charge is 0.309 e. The van der Waals surface area contributed by atoms with Crippen LogP contribution in [0.5, 0.6) is 0 Å². The molecular weight excluding hydrogens is 773 g/mol. The summed E-state index contributed by atoms with van der Waals surface area (Å²) in [5.41, 5.74) is 17.0. The maximum absolute atomic E-state index is 2.41. The molecule has 2 heteroatoms. The van der Waals surface area contributed by atoms with E-state index in [0.717, 1.165) is 5.69 Å². The lowest BCUT2D eigenvalue weighted by molar-refractivity contribution is 1.18. The Morgan fingerprint density at radius 2 is 0.500 bits per heavy atom. The zero-order valence-electron chi connectivity index (χ0n) is 35.0. The summed E-state index contributed by atoms with van der Waals surface area (Å²) in [6, 6.07) is 88.8. The fourth-order valence-electron chi connectivity index (χ4n) is 10.4. The Bertz CT molecular complexity index is 3850. The molecular formula is C62H40N2. The SMILES string of the molecule is c1ccc(-c2c3ccccc3c(-c3ccc(-c4ccc(-n5c6ccccc6c6cc(-c7ccc8c(c7)c7ccccc7n8-c7ccccc7)ccc65)cc4)cc3)c3ccccc23)cc1. The molecule has 13 aromatic rings. The molecule has 0 N–H and O–H groups in total. The first-order valence-corrected chi connectivity index (χ1v) is 22.1. The van der Waals surface area contributed by atoms with Crippen molar-refractivity contribution in [1.82, 2.24) is 9.13 Å². The fraction of sp³-hybridized carbons (Fsp3) is 0. The highest BCUT2D eigenvalue weighted by Crippen LogP contribution is 2.44. The minimum atomic E-state index is 1.14. The van der Waals surface area contributed by atoms with Gasteiger partial charge in [0, 0.05) is 32.9 Å². The topological polar surface area (TPSA) is 9.86 Å². The zero-order chi connectivity index (χ0) is 42.1. The summed E-state index contributed by atoms with van der Waals surface area (Å²) in [5.74, 6) is 0. The number of hydrogen-bond donors (Lipinski definition) is 0. The van der Waals surface area contributed by atoms with Crippen LogP contribution < -0.4 is 0 Å². The average Bonchev–Trinajstić information content (AvgIpc) is 3.88. The second-order valence-corrected chi connectivity index (χ2v) is 16.8. The van der Waals surface area contributed by atoms with Gasteiger partial charge in [0.1, 0.15) is 0 Å². The predicted molar refractivity (Wildman–Crippen MR) is 272 cm³/mol. The second kappa shape index (κ2) is 14.6. The molecule has 2 aromatic heterocycles. The number of nitrogens with zero attached hydrogens (tertiary/aromatic N) is 2. The van der Waals surface area contributed by atoms with E-state index < -0.39 is 0 Å². The maximum atomic E-state index is 2.41. The number of aromatic nitrogens is 2. The Morgan fingerprint density at radius 3 is 0.969 bits per heavy atom. The standard InChI is InChI=1S/C62H40N2/c1-3-15-43(16-4-1)61-51-21-7-9-23-53(51)62(54-24-10-8-22-52(54)61)44-29-27-41(28-30-44)42-31-35-48(36-32-42)64-58-26-14-12-20-50(58)56-40-46(34-38-60(56)64)45-33-37-59-55(39-45)49-19-11-13-25-57(49)63(59)47-17-5-2-6-18-47/h1-40H. The number of hydrogen-bond acceptors (Lipinski definition) is 0. The summed E-state index contributed by atoms with van der Waals surface area (Å²) in [6.45, 7) is 0. The molecule has 11 aromatic carbocycles. The third kappa shape index (κ3) is 5.66. The van der Waals surface area contributed by atoms with Crippen LogP contribution in [0.1, 0.15) is 0 Å². The first kappa shape index (κ1) is 36.2. The summed E-state index contributed by atoms with van der Waals surface area (Å²) in [4.78, 5) is 0.